The number of nitrogens with zero attached hydrogens (tertiary/aromatic N) is 1. The number of benzene rings is 1. The van der Waals surface area contributed by atoms with Crippen molar-refractivity contribution >= 4 is 26.9 Å². The quantitative estimate of drug-likeness (QED) is 0.721. The molecule has 1 aromatic carbocycles. The van der Waals surface area contributed by atoms with E-state index in [0.717, 1.165) is 5.56 Å². The zero-order chi connectivity index (χ0) is 13.6. The summed E-state index contributed by atoms with van der Waals surface area (Å²) >= 11 is 5.17. The van der Waals surface area contributed by atoms with Crippen LogP contribution < -0.4 is 0 Å². The zero-order valence-corrected chi connectivity index (χ0v) is 11.7. The third-order valence-corrected chi connectivity index (χ3v) is 4.57. The largest absolute Gasteiger partial charge is 0.281 e. The highest BCUT2D eigenvalue weighted by Crippen LogP contribution is 2.09. The fraction of sp³-hybridized carbons (Fsp3) is 0.417. The number of hydrogen-bond donors (Lipinski definition) is 0. The van der Waals surface area contributed by atoms with E-state index >= 15 is 0 Å². The summed E-state index contributed by atoms with van der Waals surface area (Å²) in [5.41, 5.74) is 0.928. The second-order valence-corrected chi connectivity index (χ2v) is 6.63. The molecule has 0 aliphatic heterocycles. The zero-order valence-electron chi connectivity index (χ0n) is 10.2. The minimum absolute atomic E-state index is 0.0607. The fourth-order valence-electron chi connectivity index (χ4n) is 1.49. The molecular formula is C12H16ClNO3S. The van der Waals surface area contributed by atoms with Crippen molar-refractivity contribution in [2.24, 2.45) is 0 Å². The van der Waals surface area contributed by atoms with Gasteiger partial charge in [-0.2, -0.15) is 0 Å². The summed E-state index contributed by atoms with van der Waals surface area (Å²) in [6, 6.07) is 9.34. The fourth-order valence-corrected chi connectivity index (χ4v) is 2.79. The molecule has 0 amide bonds. The van der Waals surface area contributed by atoms with Crippen molar-refractivity contribution in [2.75, 3.05) is 12.8 Å². The smallest absolute Gasteiger partial charge is 0.221 e. The summed E-state index contributed by atoms with van der Waals surface area (Å²) in [6.45, 7) is 0.331. The van der Waals surface area contributed by atoms with E-state index in [-0.39, 0.29) is 18.6 Å². The Hall–Kier alpha value is -0.910. The Kier molecular flexibility index (Phi) is 5.78. The van der Waals surface area contributed by atoms with E-state index in [9.17, 15) is 13.2 Å². The Labute approximate surface area is 113 Å². The van der Waals surface area contributed by atoms with Gasteiger partial charge in [0.1, 0.15) is 0 Å². The van der Waals surface area contributed by atoms with E-state index in [1.54, 1.807) is 0 Å². The van der Waals surface area contributed by atoms with Crippen LogP contribution in [0, 0.1) is 0 Å². The number of hydrogen-bond acceptors (Lipinski definition) is 3. The predicted octanol–water partition coefficient (Wildman–Crippen LogP) is 1.99. The second-order valence-electron chi connectivity index (χ2n) is 4.02. The molecule has 100 valence electrons. The molecule has 0 aliphatic rings. The monoisotopic (exact) mass is 289 g/mol. The van der Waals surface area contributed by atoms with Gasteiger partial charge in [-0.25, -0.2) is 12.7 Å². The topological polar surface area (TPSA) is 54.5 Å². The van der Waals surface area contributed by atoms with Gasteiger partial charge in [-0.15, -0.1) is 0 Å². The average molecular weight is 290 g/mol. The van der Waals surface area contributed by atoms with Gasteiger partial charge in [-0.3, -0.25) is 4.79 Å². The van der Waals surface area contributed by atoms with Gasteiger partial charge in [0.2, 0.25) is 15.3 Å². The molecule has 0 saturated carbocycles. The van der Waals surface area contributed by atoms with Crippen LogP contribution in [0.25, 0.3) is 0 Å². The van der Waals surface area contributed by atoms with Gasteiger partial charge in [-0.1, -0.05) is 30.3 Å². The molecule has 0 atom stereocenters. The molecule has 18 heavy (non-hydrogen) atoms. The first-order valence-corrected chi connectivity index (χ1v) is 7.57. The van der Waals surface area contributed by atoms with Crippen molar-refractivity contribution < 1.29 is 13.2 Å². The molecule has 0 saturated heterocycles. The van der Waals surface area contributed by atoms with Crippen LogP contribution in [0.2, 0.25) is 0 Å². The molecule has 0 spiro atoms. The van der Waals surface area contributed by atoms with Crippen LogP contribution in [-0.4, -0.2) is 30.8 Å². The van der Waals surface area contributed by atoms with E-state index in [1.807, 2.05) is 30.3 Å². The third-order valence-electron chi connectivity index (χ3n) is 2.50. The van der Waals surface area contributed by atoms with Gasteiger partial charge in [0.15, 0.2) is 0 Å². The van der Waals surface area contributed by atoms with E-state index in [0.29, 0.717) is 6.54 Å². The van der Waals surface area contributed by atoms with Gasteiger partial charge in [0.05, 0.1) is 5.75 Å². The highest BCUT2D eigenvalue weighted by atomic mass is 35.5. The SMILES string of the molecule is CN(Cc1ccccc1)S(=O)(=O)CCCC(=O)Cl. The molecule has 0 heterocycles. The van der Waals surface area contributed by atoms with Crippen LogP contribution >= 0.6 is 11.6 Å². The molecule has 0 aromatic heterocycles. The second kappa shape index (κ2) is 6.87. The highest BCUT2D eigenvalue weighted by Gasteiger charge is 2.17. The maximum absolute atomic E-state index is 11.9. The normalized spacial score (nSPS) is 11.7. The van der Waals surface area contributed by atoms with Crippen molar-refractivity contribution in [1.29, 1.82) is 0 Å². The first kappa shape index (κ1) is 15.1. The Morgan fingerprint density at radius 1 is 1.28 bits per heavy atom. The van der Waals surface area contributed by atoms with Crippen LogP contribution in [-0.2, 0) is 21.4 Å². The van der Waals surface area contributed by atoms with Gasteiger partial charge in [-0.05, 0) is 23.6 Å². The van der Waals surface area contributed by atoms with E-state index < -0.39 is 15.3 Å². The van der Waals surface area contributed by atoms with Crippen LogP contribution in [0.5, 0.6) is 0 Å². The first-order chi connectivity index (χ1) is 8.42. The van der Waals surface area contributed by atoms with Crippen molar-refractivity contribution in [1.82, 2.24) is 4.31 Å². The lowest BCUT2D eigenvalue weighted by Crippen LogP contribution is -2.28. The minimum atomic E-state index is -3.33. The van der Waals surface area contributed by atoms with Crippen LogP contribution in [0.3, 0.4) is 0 Å². The summed E-state index contributed by atoms with van der Waals surface area (Å²) in [7, 11) is -1.80. The van der Waals surface area contributed by atoms with Crippen molar-refractivity contribution in [3.05, 3.63) is 35.9 Å². The van der Waals surface area contributed by atoms with E-state index in [2.05, 4.69) is 0 Å². The Balaban J connectivity index is 2.54. The molecule has 0 N–H and O–H groups in total. The summed E-state index contributed by atoms with van der Waals surface area (Å²) in [6.07, 6.45) is 0.337. The third kappa shape index (κ3) is 5.16. The lowest BCUT2D eigenvalue weighted by atomic mass is 10.2. The summed E-state index contributed by atoms with van der Waals surface area (Å²) in [5, 5.41) is -0.504. The molecule has 6 heteroatoms. The molecule has 0 fully saturated rings. The molecule has 4 nitrogen and oxygen atoms in total. The standard InChI is InChI=1S/C12H16ClNO3S/c1-14(10-11-6-3-2-4-7-11)18(16,17)9-5-8-12(13)15/h2-4,6-7H,5,8-10H2,1H3. The van der Waals surface area contributed by atoms with Gasteiger partial charge < -0.3 is 0 Å². The molecule has 0 unspecified atom stereocenters. The average Bonchev–Trinajstić information content (AvgIpc) is 2.29. The molecule has 1 aromatic rings. The van der Waals surface area contributed by atoms with Crippen molar-refractivity contribution in [3.63, 3.8) is 0 Å². The van der Waals surface area contributed by atoms with Crippen LogP contribution in [0.1, 0.15) is 18.4 Å². The number of carbonyl (C=O) groups is 1. The summed E-state index contributed by atoms with van der Waals surface area (Å²) in [5.74, 6) is -0.0607. The molecule has 0 radical (unpaired) electrons. The van der Waals surface area contributed by atoms with Crippen LogP contribution in [0.15, 0.2) is 30.3 Å². The number of rotatable bonds is 7. The highest BCUT2D eigenvalue weighted by molar-refractivity contribution is 7.89. The minimum Gasteiger partial charge on any atom is -0.281 e. The van der Waals surface area contributed by atoms with Gasteiger partial charge in [0.25, 0.3) is 0 Å². The number of halogens is 1. The molecular weight excluding hydrogens is 274 g/mol. The molecule has 0 aliphatic carbocycles. The van der Waals surface area contributed by atoms with Gasteiger partial charge >= 0.3 is 0 Å². The number of sulfonamides is 1. The summed E-state index contributed by atoms with van der Waals surface area (Å²) < 4.78 is 25.1. The lowest BCUT2D eigenvalue weighted by Gasteiger charge is -2.16. The number of carbonyl (C=O) groups excluding carboxylic acids is 1. The Morgan fingerprint density at radius 2 is 1.89 bits per heavy atom. The van der Waals surface area contributed by atoms with E-state index in [4.69, 9.17) is 11.6 Å². The molecule has 0 bridgehead atoms. The predicted molar refractivity (Wildman–Crippen MR) is 71.8 cm³/mol. The first-order valence-electron chi connectivity index (χ1n) is 5.58. The Bertz CT molecular complexity index is 487. The van der Waals surface area contributed by atoms with Crippen molar-refractivity contribution in [3.8, 4) is 0 Å². The molecule has 1 rings (SSSR count). The van der Waals surface area contributed by atoms with E-state index in [1.165, 1.54) is 11.4 Å². The lowest BCUT2D eigenvalue weighted by molar-refractivity contribution is -0.111. The Morgan fingerprint density at radius 3 is 2.44 bits per heavy atom. The van der Waals surface area contributed by atoms with Crippen molar-refractivity contribution in [2.45, 2.75) is 19.4 Å². The van der Waals surface area contributed by atoms with Crippen LogP contribution in [0.4, 0.5) is 0 Å². The maximum atomic E-state index is 11.9. The maximum Gasteiger partial charge on any atom is 0.221 e. The van der Waals surface area contributed by atoms with Gasteiger partial charge in [0, 0.05) is 20.0 Å². The summed E-state index contributed by atoms with van der Waals surface area (Å²) in [4.78, 5) is 10.5.